The number of pyridine rings is 1. The third-order valence-corrected chi connectivity index (χ3v) is 3.66. The van der Waals surface area contributed by atoms with Gasteiger partial charge in [0.2, 0.25) is 0 Å². The number of carbonyl (C=O) groups is 2. The lowest BCUT2D eigenvalue weighted by atomic mass is 10.4. The first-order chi connectivity index (χ1) is 10.5. The largest absolute Gasteiger partial charge is 0.451 e. The summed E-state index contributed by atoms with van der Waals surface area (Å²) in [5.41, 5.74) is 0.289. The summed E-state index contributed by atoms with van der Waals surface area (Å²) in [6, 6.07) is 5.58. The highest BCUT2D eigenvalue weighted by atomic mass is 35.5. The van der Waals surface area contributed by atoms with Crippen LogP contribution in [0.3, 0.4) is 0 Å². The van der Waals surface area contributed by atoms with Crippen molar-refractivity contribution in [1.82, 2.24) is 4.98 Å². The molecular formula is C12H8ClN3O5S. The van der Waals surface area contributed by atoms with Gasteiger partial charge in [-0.3, -0.25) is 14.9 Å². The average Bonchev–Trinajstić information content (AvgIpc) is 2.97. The highest BCUT2D eigenvalue weighted by molar-refractivity contribution is 7.17. The Morgan fingerprint density at radius 2 is 2.18 bits per heavy atom. The molecule has 0 saturated heterocycles. The highest BCUT2D eigenvalue weighted by Crippen LogP contribution is 2.24. The van der Waals surface area contributed by atoms with Gasteiger partial charge in [0.25, 0.3) is 5.91 Å². The second-order valence-electron chi connectivity index (χ2n) is 3.86. The molecule has 2 rings (SSSR count). The van der Waals surface area contributed by atoms with Crippen molar-refractivity contribution in [2.45, 2.75) is 0 Å². The smallest absolute Gasteiger partial charge is 0.349 e. The molecule has 22 heavy (non-hydrogen) atoms. The van der Waals surface area contributed by atoms with Gasteiger partial charge in [0.05, 0.1) is 10.6 Å². The van der Waals surface area contributed by atoms with Crippen molar-refractivity contribution in [3.63, 3.8) is 0 Å². The Labute approximate surface area is 132 Å². The zero-order valence-electron chi connectivity index (χ0n) is 10.8. The van der Waals surface area contributed by atoms with E-state index in [0.717, 1.165) is 0 Å². The Kier molecular flexibility index (Phi) is 5.02. The first kappa shape index (κ1) is 15.9. The third kappa shape index (κ3) is 3.99. The fourth-order valence-corrected chi connectivity index (χ4v) is 2.28. The van der Waals surface area contributed by atoms with Crippen LogP contribution in [0.5, 0.6) is 0 Å². The molecule has 0 fully saturated rings. The summed E-state index contributed by atoms with van der Waals surface area (Å²) >= 11 is 6.43. The first-order valence-electron chi connectivity index (χ1n) is 5.79. The van der Waals surface area contributed by atoms with Gasteiger partial charge in [0.1, 0.15) is 4.88 Å². The number of amides is 1. The molecule has 2 aromatic heterocycles. The summed E-state index contributed by atoms with van der Waals surface area (Å²) in [4.78, 5) is 37.0. The van der Waals surface area contributed by atoms with Gasteiger partial charge in [-0.25, -0.2) is 9.78 Å². The number of halogens is 1. The Balaban J connectivity index is 1.89. The second-order valence-corrected chi connectivity index (χ2v) is 5.28. The topological polar surface area (TPSA) is 111 Å². The molecule has 114 valence electrons. The predicted octanol–water partition coefficient (Wildman–Crippen LogP) is 2.50. The van der Waals surface area contributed by atoms with Crippen LogP contribution in [0.4, 0.5) is 10.7 Å². The quantitative estimate of drug-likeness (QED) is 0.387. The van der Waals surface area contributed by atoms with Crippen LogP contribution in [0.15, 0.2) is 30.5 Å². The molecule has 0 aliphatic heterocycles. The lowest BCUT2D eigenvalue weighted by Gasteiger charge is -2.06. The molecule has 0 radical (unpaired) electrons. The Bertz CT molecular complexity index is 733. The maximum Gasteiger partial charge on any atom is 0.349 e. The van der Waals surface area contributed by atoms with Gasteiger partial charge >= 0.3 is 11.0 Å². The van der Waals surface area contributed by atoms with Crippen molar-refractivity contribution in [3.05, 3.63) is 50.6 Å². The molecular weight excluding hydrogens is 334 g/mol. The van der Waals surface area contributed by atoms with E-state index in [1.165, 1.54) is 24.4 Å². The molecule has 0 aliphatic carbocycles. The first-order valence-corrected chi connectivity index (χ1v) is 6.98. The van der Waals surface area contributed by atoms with Gasteiger partial charge < -0.3 is 10.1 Å². The molecule has 0 aliphatic rings. The molecule has 1 N–H and O–H groups in total. The number of hydrogen-bond acceptors (Lipinski definition) is 7. The van der Waals surface area contributed by atoms with Gasteiger partial charge in [-0.1, -0.05) is 22.9 Å². The van der Waals surface area contributed by atoms with Crippen LogP contribution in [0.2, 0.25) is 5.15 Å². The van der Waals surface area contributed by atoms with E-state index in [4.69, 9.17) is 16.3 Å². The summed E-state index contributed by atoms with van der Waals surface area (Å²) in [6.07, 6.45) is 1.46. The molecule has 8 nitrogen and oxygen atoms in total. The van der Waals surface area contributed by atoms with Gasteiger partial charge in [-0.2, -0.15) is 0 Å². The second kappa shape index (κ2) is 6.96. The summed E-state index contributed by atoms with van der Waals surface area (Å²) in [7, 11) is 0. The van der Waals surface area contributed by atoms with Crippen molar-refractivity contribution in [1.29, 1.82) is 0 Å². The van der Waals surface area contributed by atoms with Gasteiger partial charge in [0.15, 0.2) is 11.8 Å². The fourth-order valence-electron chi connectivity index (χ4n) is 1.40. The van der Waals surface area contributed by atoms with Crippen LogP contribution in [-0.4, -0.2) is 28.4 Å². The van der Waals surface area contributed by atoms with Crippen molar-refractivity contribution in [2.75, 3.05) is 11.9 Å². The number of thiophene rings is 1. The molecule has 10 heteroatoms. The SMILES string of the molecule is O=C(COC(=O)c1ccc([N+](=O)[O-])s1)Nc1cccnc1Cl. The van der Waals surface area contributed by atoms with Crippen molar-refractivity contribution >= 4 is 45.5 Å². The Hall–Kier alpha value is -2.52. The van der Waals surface area contributed by atoms with E-state index in [2.05, 4.69) is 10.3 Å². The molecule has 1 amide bonds. The van der Waals surface area contributed by atoms with Gasteiger partial charge in [0, 0.05) is 12.3 Å². The Morgan fingerprint density at radius 1 is 1.41 bits per heavy atom. The number of nitro groups is 1. The molecule has 0 bridgehead atoms. The summed E-state index contributed by atoms with van der Waals surface area (Å²) in [5.74, 6) is -1.42. The number of carbonyl (C=O) groups excluding carboxylic acids is 2. The number of anilines is 1. The minimum absolute atomic E-state index is 0.0407. The summed E-state index contributed by atoms with van der Waals surface area (Å²) in [6.45, 7) is -0.546. The molecule has 0 unspecified atom stereocenters. The number of esters is 1. The van der Waals surface area contributed by atoms with E-state index in [9.17, 15) is 19.7 Å². The zero-order chi connectivity index (χ0) is 16.1. The maximum atomic E-state index is 11.7. The number of nitrogens with one attached hydrogen (secondary N) is 1. The monoisotopic (exact) mass is 341 g/mol. The Morgan fingerprint density at radius 3 is 2.82 bits per heavy atom. The van der Waals surface area contributed by atoms with Crippen molar-refractivity contribution in [2.24, 2.45) is 0 Å². The van der Waals surface area contributed by atoms with E-state index in [1.807, 2.05) is 0 Å². The van der Waals surface area contributed by atoms with E-state index in [-0.39, 0.29) is 20.7 Å². The van der Waals surface area contributed by atoms with Gasteiger partial charge in [-0.05, 0) is 18.2 Å². The lowest BCUT2D eigenvalue weighted by Crippen LogP contribution is -2.20. The van der Waals surface area contributed by atoms with Crippen LogP contribution in [0.25, 0.3) is 0 Å². The van der Waals surface area contributed by atoms with E-state index < -0.39 is 23.4 Å². The molecule has 0 saturated carbocycles. The minimum atomic E-state index is -0.814. The summed E-state index contributed by atoms with van der Waals surface area (Å²) in [5, 5.41) is 12.9. The van der Waals surface area contributed by atoms with Crippen LogP contribution >= 0.6 is 22.9 Å². The van der Waals surface area contributed by atoms with E-state index in [0.29, 0.717) is 11.3 Å². The van der Waals surface area contributed by atoms with Gasteiger partial charge in [-0.15, -0.1) is 0 Å². The molecule has 2 aromatic rings. The fraction of sp³-hybridized carbons (Fsp3) is 0.0833. The van der Waals surface area contributed by atoms with Crippen LogP contribution in [-0.2, 0) is 9.53 Å². The molecule has 2 heterocycles. The normalized spacial score (nSPS) is 10.0. The molecule has 0 spiro atoms. The standard InChI is InChI=1S/C12H8ClN3O5S/c13-11-7(2-1-5-14-11)15-9(17)6-21-12(18)8-3-4-10(22-8)16(19)20/h1-5H,6H2,(H,15,17). The van der Waals surface area contributed by atoms with Crippen LogP contribution in [0, 0.1) is 10.1 Å². The number of hydrogen-bond donors (Lipinski definition) is 1. The highest BCUT2D eigenvalue weighted by Gasteiger charge is 2.17. The van der Waals surface area contributed by atoms with Crippen LogP contribution < -0.4 is 5.32 Å². The third-order valence-electron chi connectivity index (χ3n) is 2.34. The number of rotatable bonds is 5. The number of nitrogens with zero attached hydrogens (tertiary/aromatic N) is 2. The lowest BCUT2D eigenvalue weighted by molar-refractivity contribution is -0.380. The molecule has 0 atom stereocenters. The molecule has 0 aromatic carbocycles. The van der Waals surface area contributed by atoms with E-state index in [1.54, 1.807) is 6.07 Å². The number of ether oxygens (including phenoxy) is 1. The van der Waals surface area contributed by atoms with Crippen molar-refractivity contribution in [3.8, 4) is 0 Å². The predicted molar refractivity (Wildman–Crippen MR) is 79.1 cm³/mol. The zero-order valence-corrected chi connectivity index (χ0v) is 12.4. The van der Waals surface area contributed by atoms with Crippen molar-refractivity contribution < 1.29 is 19.2 Å². The summed E-state index contributed by atoms with van der Waals surface area (Å²) < 4.78 is 4.77. The van der Waals surface area contributed by atoms with E-state index >= 15 is 0 Å². The average molecular weight is 342 g/mol. The maximum absolute atomic E-state index is 11.7. The number of aromatic nitrogens is 1. The van der Waals surface area contributed by atoms with Crippen LogP contribution in [0.1, 0.15) is 9.67 Å². The minimum Gasteiger partial charge on any atom is -0.451 e.